The van der Waals surface area contributed by atoms with Crippen LogP contribution < -0.4 is 0 Å². The lowest BCUT2D eigenvalue weighted by Crippen LogP contribution is -2.38. The summed E-state index contributed by atoms with van der Waals surface area (Å²) in [7, 11) is 0. The third kappa shape index (κ3) is 5.13. The predicted molar refractivity (Wildman–Crippen MR) is 69.7 cm³/mol. The highest BCUT2D eigenvalue weighted by Crippen LogP contribution is 2.16. The summed E-state index contributed by atoms with van der Waals surface area (Å²) in [6.07, 6.45) is 0.739. The maximum atomic E-state index is 11.8. The fourth-order valence-electron chi connectivity index (χ4n) is 1.90. The molecule has 0 bridgehead atoms. The molecule has 3 atom stereocenters. The average molecular weight is 284 g/mol. The molecule has 1 aliphatic rings. The van der Waals surface area contributed by atoms with Gasteiger partial charge in [-0.1, -0.05) is 6.08 Å². The van der Waals surface area contributed by atoms with Crippen molar-refractivity contribution in [1.82, 2.24) is 0 Å². The van der Waals surface area contributed by atoms with Gasteiger partial charge in [0.1, 0.15) is 18.0 Å². The Hall–Kier alpha value is -1.69. The van der Waals surface area contributed by atoms with Crippen molar-refractivity contribution in [2.75, 3.05) is 0 Å². The van der Waals surface area contributed by atoms with Crippen molar-refractivity contribution in [1.29, 1.82) is 0 Å². The lowest BCUT2D eigenvalue weighted by atomic mass is 10.0. The maximum absolute atomic E-state index is 11.8. The average Bonchev–Trinajstić information content (AvgIpc) is 2.36. The predicted octanol–water partition coefficient (Wildman–Crippen LogP) is 0.910. The lowest BCUT2D eigenvalue weighted by molar-refractivity contribution is -0.172. The smallest absolute Gasteiger partial charge is 0.335 e. The van der Waals surface area contributed by atoms with E-state index in [1.807, 2.05) is 0 Å². The lowest BCUT2D eigenvalue weighted by Gasteiger charge is -2.25. The molecule has 6 heteroatoms. The van der Waals surface area contributed by atoms with Crippen LogP contribution in [-0.2, 0) is 23.9 Å². The number of hydrogen-bond acceptors (Lipinski definition) is 6. The molecular weight excluding hydrogens is 264 g/mol. The first-order valence-electron chi connectivity index (χ1n) is 6.67. The SMILES string of the molecule is CC=CC(=O)OC1CC(=O)CCCC(O)C(=O)OC1C. The first-order valence-corrected chi connectivity index (χ1v) is 6.67. The van der Waals surface area contributed by atoms with Gasteiger partial charge in [0, 0.05) is 18.9 Å². The number of esters is 2. The molecule has 1 fully saturated rings. The molecule has 0 amide bonds. The molecule has 112 valence electrons. The summed E-state index contributed by atoms with van der Waals surface area (Å²) >= 11 is 0. The fourth-order valence-corrected chi connectivity index (χ4v) is 1.90. The Morgan fingerprint density at radius 3 is 2.80 bits per heavy atom. The molecule has 1 saturated heterocycles. The fraction of sp³-hybridized carbons (Fsp3) is 0.643. The molecule has 0 spiro atoms. The molecule has 0 saturated carbocycles. The summed E-state index contributed by atoms with van der Waals surface area (Å²) < 4.78 is 10.2. The molecule has 0 aromatic carbocycles. The Kier molecular flexibility index (Phi) is 6.38. The van der Waals surface area contributed by atoms with E-state index in [9.17, 15) is 19.5 Å². The monoisotopic (exact) mass is 284 g/mol. The zero-order valence-corrected chi connectivity index (χ0v) is 11.7. The summed E-state index contributed by atoms with van der Waals surface area (Å²) in [6.45, 7) is 3.20. The molecule has 3 unspecified atom stereocenters. The normalized spacial score (nSPS) is 29.1. The Labute approximate surface area is 117 Å². The topological polar surface area (TPSA) is 89.9 Å². The second kappa shape index (κ2) is 7.79. The number of aliphatic hydroxyl groups is 1. The van der Waals surface area contributed by atoms with E-state index in [0.29, 0.717) is 6.42 Å². The van der Waals surface area contributed by atoms with Crippen molar-refractivity contribution in [2.45, 2.75) is 57.8 Å². The number of carbonyl (C=O) groups is 3. The highest BCUT2D eigenvalue weighted by Gasteiger charge is 2.30. The van der Waals surface area contributed by atoms with Crippen molar-refractivity contribution in [3.8, 4) is 0 Å². The zero-order valence-electron chi connectivity index (χ0n) is 11.7. The van der Waals surface area contributed by atoms with Crippen molar-refractivity contribution in [2.24, 2.45) is 0 Å². The molecule has 20 heavy (non-hydrogen) atoms. The molecular formula is C14H20O6. The van der Waals surface area contributed by atoms with Crippen molar-refractivity contribution < 1.29 is 29.0 Å². The summed E-state index contributed by atoms with van der Waals surface area (Å²) in [5.41, 5.74) is 0. The van der Waals surface area contributed by atoms with E-state index in [0.717, 1.165) is 0 Å². The number of cyclic esters (lactones) is 1. The Morgan fingerprint density at radius 1 is 1.45 bits per heavy atom. The number of Topliss-reactive ketones (excluding diaryl/α,β-unsaturated/α-hetero) is 1. The second-order valence-corrected chi connectivity index (χ2v) is 4.77. The summed E-state index contributed by atoms with van der Waals surface area (Å²) in [5.74, 6) is -1.43. The maximum Gasteiger partial charge on any atom is 0.335 e. The third-order valence-corrected chi connectivity index (χ3v) is 3.03. The van der Waals surface area contributed by atoms with Crippen molar-refractivity contribution >= 4 is 17.7 Å². The number of hydrogen-bond donors (Lipinski definition) is 1. The minimum atomic E-state index is -1.24. The van der Waals surface area contributed by atoms with Crippen LogP contribution in [0.15, 0.2) is 12.2 Å². The van der Waals surface area contributed by atoms with Gasteiger partial charge in [-0.25, -0.2) is 9.59 Å². The van der Waals surface area contributed by atoms with Gasteiger partial charge in [0.2, 0.25) is 0 Å². The standard InChI is InChI=1S/C14H20O6/c1-3-5-13(17)20-12-8-10(15)6-4-7-11(16)14(18)19-9(12)2/h3,5,9,11-12,16H,4,6-8H2,1-2H3. The molecule has 0 aliphatic carbocycles. The van der Waals surface area contributed by atoms with Crippen LogP contribution in [0.3, 0.4) is 0 Å². The molecule has 0 aromatic heterocycles. The van der Waals surface area contributed by atoms with Crippen molar-refractivity contribution in [3.05, 3.63) is 12.2 Å². The van der Waals surface area contributed by atoms with Crippen molar-refractivity contribution in [3.63, 3.8) is 0 Å². The highest BCUT2D eigenvalue weighted by molar-refractivity contribution is 5.83. The van der Waals surface area contributed by atoms with E-state index in [2.05, 4.69) is 0 Å². The number of allylic oxidation sites excluding steroid dienone is 1. The molecule has 1 heterocycles. The van der Waals surface area contributed by atoms with Crippen LogP contribution in [0.4, 0.5) is 0 Å². The van der Waals surface area contributed by atoms with E-state index in [4.69, 9.17) is 9.47 Å². The number of aliphatic hydroxyl groups excluding tert-OH is 1. The largest absolute Gasteiger partial charge is 0.457 e. The zero-order chi connectivity index (χ0) is 15.1. The van der Waals surface area contributed by atoms with Gasteiger partial charge in [0.25, 0.3) is 0 Å². The molecule has 0 radical (unpaired) electrons. The Morgan fingerprint density at radius 2 is 2.15 bits per heavy atom. The first-order chi connectivity index (χ1) is 9.43. The summed E-state index contributed by atoms with van der Waals surface area (Å²) in [5, 5.41) is 9.55. The van der Waals surface area contributed by atoms with E-state index in [1.165, 1.54) is 19.1 Å². The van der Waals surface area contributed by atoms with Crippen LogP contribution in [0.1, 0.15) is 39.5 Å². The van der Waals surface area contributed by atoms with E-state index in [1.54, 1.807) is 6.92 Å². The number of ether oxygens (including phenoxy) is 2. The van der Waals surface area contributed by atoms with Crippen LogP contribution in [0.5, 0.6) is 0 Å². The minimum Gasteiger partial charge on any atom is -0.457 e. The summed E-state index contributed by atoms with van der Waals surface area (Å²) in [4.78, 5) is 34.8. The van der Waals surface area contributed by atoms with Crippen LogP contribution in [0.2, 0.25) is 0 Å². The van der Waals surface area contributed by atoms with Crippen LogP contribution in [0.25, 0.3) is 0 Å². The quantitative estimate of drug-likeness (QED) is 0.599. The van der Waals surface area contributed by atoms with Crippen LogP contribution in [-0.4, -0.2) is 41.1 Å². The number of carbonyl (C=O) groups excluding carboxylic acids is 3. The van der Waals surface area contributed by atoms with Gasteiger partial charge in [0.15, 0.2) is 6.10 Å². The highest BCUT2D eigenvalue weighted by atomic mass is 16.6. The molecule has 0 aromatic rings. The van der Waals surface area contributed by atoms with E-state index >= 15 is 0 Å². The first kappa shape index (κ1) is 16.4. The van der Waals surface area contributed by atoms with Gasteiger partial charge >= 0.3 is 11.9 Å². The van der Waals surface area contributed by atoms with Gasteiger partial charge in [-0.15, -0.1) is 0 Å². The van der Waals surface area contributed by atoms with Gasteiger partial charge in [-0.2, -0.15) is 0 Å². The molecule has 6 nitrogen and oxygen atoms in total. The Balaban J connectivity index is 2.79. The molecule has 1 aliphatic heterocycles. The van der Waals surface area contributed by atoms with E-state index in [-0.39, 0.29) is 25.0 Å². The van der Waals surface area contributed by atoms with E-state index < -0.39 is 30.3 Å². The number of ketones is 1. The number of rotatable bonds is 2. The molecule has 1 rings (SSSR count). The van der Waals surface area contributed by atoms with Crippen LogP contribution >= 0.6 is 0 Å². The van der Waals surface area contributed by atoms with Gasteiger partial charge < -0.3 is 14.6 Å². The van der Waals surface area contributed by atoms with Gasteiger partial charge in [-0.3, -0.25) is 4.79 Å². The minimum absolute atomic E-state index is 0.00777. The van der Waals surface area contributed by atoms with Gasteiger partial charge in [0.05, 0.1) is 0 Å². The third-order valence-electron chi connectivity index (χ3n) is 3.03. The van der Waals surface area contributed by atoms with Crippen LogP contribution in [0, 0.1) is 0 Å². The second-order valence-electron chi connectivity index (χ2n) is 4.77. The molecule has 1 N–H and O–H groups in total. The van der Waals surface area contributed by atoms with Gasteiger partial charge in [-0.05, 0) is 26.7 Å². The Bertz CT molecular complexity index is 400. The summed E-state index contributed by atoms with van der Waals surface area (Å²) in [6, 6.07) is 0.